The lowest BCUT2D eigenvalue weighted by atomic mass is 10.0. The van der Waals surface area contributed by atoms with Gasteiger partial charge in [0.15, 0.2) is 0 Å². The van der Waals surface area contributed by atoms with Gasteiger partial charge in [0.25, 0.3) is 0 Å². The first-order valence-electron chi connectivity index (χ1n) is 5.66. The molecule has 0 fully saturated rings. The topological polar surface area (TPSA) is 29.1 Å². The molecule has 0 heterocycles. The molecule has 0 bridgehead atoms. The minimum atomic E-state index is -0.0952. The standard InChI is InChI=1S/C14H19NO/c1-3-14(16)15-12(2)10-11-13-8-6-4-5-7-9-13/h3-8,12H,1,9-11H2,2H3,(H,15,16). The van der Waals surface area contributed by atoms with Crippen molar-refractivity contribution in [1.82, 2.24) is 5.32 Å². The van der Waals surface area contributed by atoms with Crippen LogP contribution in [0.4, 0.5) is 0 Å². The second-order valence-electron chi connectivity index (χ2n) is 3.99. The number of hydrogen-bond donors (Lipinski definition) is 1. The second-order valence-corrected chi connectivity index (χ2v) is 3.99. The van der Waals surface area contributed by atoms with Gasteiger partial charge in [0.2, 0.25) is 5.91 Å². The quantitative estimate of drug-likeness (QED) is 0.705. The van der Waals surface area contributed by atoms with E-state index in [-0.39, 0.29) is 11.9 Å². The smallest absolute Gasteiger partial charge is 0.243 e. The van der Waals surface area contributed by atoms with E-state index in [1.807, 2.05) is 13.0 Å². The highest BCUT2D eigenvalue weighted by molar-refractivity contribution is 5.87. The second kappa shape index (κ2) is 6.83. The summed E-state index contributed by atoms with van der Waals surface area (Å²) in [5.41, 5.74) is 1.41. The molecule has 1 aliphatic rings. The molecule has 2 heteroatoms. The number of amides is 1. The van der Waals surface area contributed by atoms with E-state index in [0.29, 0.717) is 0 Å². The first kappa shape index (κ1) is 12.5. The highest BCUT2D eigenvalue weighted by Gasteiger charge is 2.05. The minimum Gasteiger partial charge on any atom is -0.350 e. The molecule has 0 saturated carbocycles. The third-order valence-corrected chi connectivity index (χ3v) is 2.54. The molecule has 0 spiro atoms. The Balaban J connectivity index is 2.31. The molecule has 16 heavy (non-hydrogen) atoms. The van der Waals surface area contributed by atoms with Crippen LogP contribution in [0.15, 0.2) is 48.6 Å². The summed E-state index contributed by atoms with van der Waals surface area (Å²) >= 11 is 0. The van der Waals surface area contributed by atoms with Crippen LogP contribution in [0.1, 0.15) is 26.2 Å². The molecular weight excluding hydrogens is 198 g/mol. The number of rotatable bonds is 5. The molecule has 0 saturated heterocycles. The summed E-state index contributed by atoms with van der Waals surface area (Å²) in [6, 6.07) is 0.197. The Morgan fingerprint density at radius 1 is 1.56 bits per heavy atom. The van der Waals surface area contributed by atoms with Crippen LogP contribution >= 0.6 is 0 Å². The van der Waals surface area contributed by atoms with Gasteiger partial charge in [-0.1, -0.05) is 42.5 Å². The fourth-order valence-corrected chi connectivity index (χ4v) is 1.58. The van der Waals surface area contributed by atoms with E-state index in [4.69, 9.17) is 0 Å². The Morgan fingerprint density at radius 3 is 3.12 bits per heavy atom. The van der Waals surface area contributed by atoms with E-state index < -0.39 is 0 Å². The van der Waals surface area contributed by atoms with Crippen LogP contribution < -0.4 is 5.32 Å². The molecule has 86 valence electrons. The van der Waals surface area contributed by atoms with E-state index in [9.17, 15) is 4.79 Å². The zero-order valence-corrected chi connectivity index (χ0v) is 9.78. The van der Waals surface area contributed by atoms with E-state index in [0.717, 1.165) is 19.3 Å². The Hall–Kier alpha value is -1.57. The number of hydrogen-bond acceptors (Lipinski definition) is 1. The van der Waals surface area contributed by atoms with Crippen molar-refractivity contribution >= 4 is 5.91 Å². The van der Waals surface area contributed by atoms with Crippen molar-refractivity contribution in [3.63, 3.8) is 0 Å². The van der Waals surface area contributed by atoms with Gasteiger partial charge in [-0.25, -0.2) is 0 Å². The maximum Gasteiger partial charge on any atom is 0.243 e. The molecular formula is C14H19NO. The van der Waals surface area contributed by atoms with Crippen LogP contribution in [-0.4, -0.2) is 11.9 Å². The average molecular weight is 217 g/mol. The molecule has 0 aliphatic heterocycles. The Labute approximate surface area is 97.4 Å². The average Bonchev–Trinajstić information content (AvgIpc) is 2.54. The highest BCUT2D eigenvalue weighted by Crippen LogP contribution is 2.14. The lowest BCUT2D eigenvalue weighted by Crippen LogP contribution is -2.30. The summed E-state index contributed by atoms with van der Waals surface area (Å²) in [6.07, 6.45) is 14.8. The van der Waals surface area contributed by atoms with Crippen LogP contribution in [0.2, 0.25) is 0 Å². The summed E-state index contributed by atoms with van der Waals surface area (Å²) in [7, 11) is 0. The maximum absolute atomic E-state index is 11.1. The first-order chi connectivity index (χ1) is 7.72. The van der Waals surface area contributed by atoms with E-state index in [2.05, 4.69) is 36.2 Å². The fraction of sp³-hybridized carbons (Fsp3) is 0.357. The van der Waals surface area contributed by atoms with Gasteiger partial charge in [0.1, 0.15) is 0 Å². The molecule has 0 aromatic heterocycles. The lowest BCUT2D eigenvalue weighted by molar-refractivity contribution is -0.117. The third kappa shape index (κ3) is 4.78. The van der Waals surface area contributed by atoms with Crippen LogP contribution in [0.5, 0.6) is 0 Å². The zero-order chi connectivity index (χ0) is 11.8. The van der Waals surface area contributed by atoms with Gasteiger partial charge in [0.05, 0.1) is 0 Å². The number of nitrogens with one attached hydrogen (secondary N) is 1. The lowest BCUT2D eigenvalue weighted by Gasteiger charge is -2.13. The fourth-order valence-electron chi connectivity index (χ4n) is 1.58. The monoisotopic (exact) mass is 217 g/mol. The normalized spacial score (nSPS) is 16.2. The molecule has 0 aromatic rings. The van der Waals surface area contributed by atoms with Crippen molar-refractivity contribution in [1.29, 1.82) is 0 Å². The van der Waals surface area contributed by atoms with Crippen molar-refractivity contribution in [3.05, 3.63) is 48.6 Å². The molecule has 1 rings (SSSR count). The minimum absolute atomic E-state index is 0.0952. The van der Waals surface area contributed by atoms with Gasteiger partial charge >= 0.3 is 0 Å². The first-order valence-corrected chi connectivity index (χ1v) is 5.66. The largest absolute Gasteiger partial charge is 0.350 e. The van der Waals surface area contributed by atoms with E-state index in [1.165, 1.54) is 11.6 Å². The summed E-state index contributed by atoms with van der Waals surface area (Å²) in [5, 5.41) is 2.86. The Morgan fingerprint density at radius 2 is 2.38 bits per heavy atom. The van der Waals surface area contributed by atoms with Gasteiger partial charge in [-0.05, 0) is 32.3 Å². The van der Waals surface area contributed by atoms with E-state index in [1.54, 1.807) is 0 Å². The summed E-state index contributed by atoms with van der Waals surface area (Å²) in [5.74, 6) is -0.0952. The maximum atomic E-state index is 11.1. The highest BCUT2D eigenvalue weighted by atomic mass is 16.1. The van der Waals surface area contributed by atoms with Crippen molar-refractivity contribution in [3.8, 4) is 0 Å². The predicted octanol–water partition coefficient (Wildman–Crippen LogP) is 2.90. The molecule has 2 nitrogen and oxygen atoms in total. The molecule has 0 radical (unpaired) electrons. The molecule has 1 aliphatic carbocycles. The number of carbonyl (C=O) groups is 1. The summed E-state index contributed by atoms with van der Waals surface area (Å²) < 4.78 is 0. The predicted molar refractivity (Wildman–Crippen MR) is 68.0 cm³/mol. The van der Waals surface area contributed by atoms with Crippen molar-refractivity contribution in [2.75, 3.05) is 0 Å². The van der Waals surface area contributed by atoms with Crippen LogP contribution in [0.3, 0.4) is 0 Å². The number of allylic oxidation sites excluding steroid dienone is 6. The molecule has 1 unspecified atom stereocenters. The van der Waals surface area contributed by atoms with E-state index >= 15 is 0 Å². The van der Waals surface area contributed by atoms with Crippen LogP contribution in [0, 0.1) is 0 Å². The summed E-state index contributed by atoms with van der Waals surface area (Å²) in [4.78, 5) is 11.1. The molecule has 1 amide bonds. The molecule has 1 atom stereocenters. The van der Waals surface area contributed by atoms with Gasteiger partial charge in [-0.3, -0.25) is 4.79 Å². The van der Waals surface area contributed by atoms with Gasteiger partial charge in [-0.15, -0.1) is 0 Å². The van der Waals surface area contributed by atoms with Crippen molar-refractivity contribution in [2.24, 2.45) is 0 Å². The molecule has 0 aromatic carbocycles. The van der Waals surface area contributed by atoms with Gasteiger partial charge in [-0.2, -0.15) is 0 Å². The van der Waals surface area contributed by atoms with Gasteiger partial charge < -0.3 is 5.32 Å². The van der Waals surface area contributed by atoms with Gasteiger partial charge in [0, 0.05) is 6.04 Å². The third-order valence-electron chi connectivity index (χ3n) is 2.54. The Kier molecular flexibility index (Phi) is 5.34. The Bertz CT molecular complexity index is 337. The van der Waals surface area contributed by atoms with Crippen LogP contribution in [-0.2, 0) is 4.79 Å². The summed E-state index contributed by atoms with van der Waals surface area (Å²) in [6.45, 7) is 5.45. The molecule has 1 N–H and O–H groups in total. The number of carbonyl (C=O) groups excluding carboxylic acids is 1. The SMILES string of the molecule is C=CC(=O)NC(C)CCC1=CC=CC=CC1. The zero-order valence-electron chi connectivity index (χ0n) is 9.78. The van der Waals surface area contributed by atoms with Crippen molar-refractivity contribution in [2.45, 2.75) is 32.2 Å². The van der Waals surface area contributed by atoms with Crippen molar-refractivity contribution < 1.29 is 4.79 Å². The van der Waals surface area contributed by atoms with Crippen LogP contribution in [0.25, 0.3) is 0 Å².